The minimum Gasteiger partial charge on any atom is -0.211 e. The topological polar surface area (TPSA) is 46.2 Å². The van der Waals surface area contributed by atoms with Crippen LogP contribution in [0.3, 0.4) is 0 Å². The number of hydrogen-bond donors (Lipinski definition) is 1. The van der Waals surface area contributed by atoms with Gasteiger partial charge in [0.15, 0.2) is 0 Å². The van der Waals surface area contributed by atoms with Gasteiger partial charge in [-0.25, -0.2) is 13.1 Å². The van der Waals surface area contributed by atoms with E-state index in [2.05, 4.69) is 4.72 Å². The summed E-state index contributed by atoms with van der Waals surface area (Å²) >= 11 is 5.53. The minimum atomic E-state index is -4.57. The summed E-state index contributed by atoms with van der Waals surface area (Å²) in [6.07, 6.45) is -3.95. The lowest BCUT2D eigenvalue weighted by Crippen LogP contribution is -2.28. The molecule has 0 radical (unpaired) electrons. The lowest BCUT2D eigenvalue weighted by atomic mass is 10.1. The third-order valence-electron chi connectivity index (χ3n) is 2.70. The third kappa shape index (κ3) is 4.96. The average molecular weight is 330 g/mol. The Labute approximate surface area is 121 Å². The molecule has 1 atom stereocenters. The molecule has 0 saturated heterocycles. The lowest BCUT2D eigenvalue weighted by molar-refractivity contribution is -0.137. The molecule has 0 amide bonds. The molecule has 20 heavy (non-hydrogen) atoms. The first-order valence-corrected chi connectivity index (χ1v) is 7.91. The number of alkyl halides is 4. The normalized spacial score (nSPS) is 14.2. The van der Waals surface area contributed by atoms with Gasteiger partial charge in [0.2, 0.25) is 10.0 Å². The molecular weight excluding hydrogens is 315 g/mol. The SMILES string of the molecule is CC(CCCl)CNS(=O)(=O)c1cccc(C(F)(F)F)c1. The molecule has 0 saturated carbocycles. The van der Waals surface area contributed by atoms with E-state index in [4.69, 9.17) is 11.6 Å². The largest absolute Gasteiger partial charge is 0.416 e. The van der Waals surface area contributed by atoms with Gasteiger partial charge < -0.3 is 0 Å². The molecule has 114 valence electrons. The summed E-state index contributed by atoms with van der Waals surface area (Å²) in [6, 6.07) is 3.65. The summed E-state index contributed by atoms with van der Waals surface area (Å²) in [5.74, 6) is 0.403. The van der Waals surface area contributed by atoms with Crippen molar-refractivity contribution in [1.29, 1.82) is 0 Å². The van der Waals surface area contributed by atoms with Gasteiger partial charge in [0.05, 0.1) is 10.5 Å². The molecule has 1 aromatic carbocycles. The van der Waals surface area contributed by atoms with Crippen LogP contribution in [0.5, 0.6) is 0 Å². The summed E-state index contributed by atoms with van der Waals surface area (Å²) in [6.45, 7) is 1.93. The maximum atomic E-state index is 12.5. The zero-order valence-corrected chi connectivity index (χ0v) is 12.3. The Kier molecular flexibility index (Phi) is 5.85. The molecule has 0 heterocycles. The van der Waals surface area contributed by atoms with Crippen molar-refractivity contribution in [3.8, 4) is 0 Å². The highest BCUT2D eigenvalue weighted by Gasteiger charge is 2.31. The molecule has 0 fully saturated rings. The molecule has 0 aromatic heterocycles. The van der Waals surface area contributed by atoms with Crippen LogP contribution in [0.1, 0.15) is 18.9 Å². The second-order valence-electron chi connectivity index (χ2n) is 4.46. The van der Waals surface area contributed by atoms with Crippen LogP contribution in [0.15, 0.2) is 29.2 Å². The summed E-state index contributed by atoms with van der Waals surface area (Å²) in [5, 5.41) is 0. The zero-order chi connectivity index (χ0) is 15.4. The van der Waals surface area contributed by atoms with Crippen molar-refractivity contribution in [2.75, 3.05) is 12.4 Å². The third-order valence-corrected chi connectivity index (χ3v) is 4.33. The quantitative estimate of drug-likeness (QED) is 0.814. The Morgan fingerprint density at radius 2 is 2.00 bits per heavy atom. The van der Waals surface area contributed by atoms with Gasteiger partial charge in [0, 0.05) is 12.4 Å². The molecule has 1 N–H and O–H groups in total. The van der Waals surface area contributed by atoms with E-state index in [1.165, 1.54) is 0 Å². The van der Waals surface area contributed by atoms with E-state index in [-0.39, 0.29) is 12.5 Å². The number of halogens is 4. The van der Waals surface area contributed by atoms with E-state index in [9.17, 15) is 21.6 Å². The Bertz CT molecular complexity index is 546. The van der Waals surface area contributed by atoms with Crippen molar-refractivity contribution in [1.82, 2.24) is 4.72 Å². The maximum Gasteiger partial charge on any atom is 0.416 e. The Balaban J connectivity index is 2.88. The molecule has 0 aliphatic rings. The van der Waals surface area contributed by atoms with Crippen LogP contribution in [-0.4, -0.2) is 20.8 Å². The molecule has 1 rings (SSSR count). The summed E-state index contributed by atoms with van der Waals surface area (Å²) < 4.78 is 63.7. The van der Waals surface area contributed by atoms with Gasteiger partial charge in [-0.1, -0.05) is 13.0 Å². The molecule has 1 aromatic rings. The molecule has 0 spiro atoms. The van der Waals surface area contributed by atoms with E-state index >= 15 is 0 Å². The van der Waals surface area contributed by atoms with Gasteiger partial charge in [0.25, 0.3) is 0 Å². The minimum absolute atomic E-state index is 0.00748. The van der Waals surface area contributed by atoms with Gasteiger partial charge >= 0.3 is 6.18 Å². The first-order valence-electron chi connectivity index (χ1n) is 5.89. The fourth-order valence-corrected chi connectivity index (χ4v) is 3.05. The van der Waals surface area contributed by atoms with Crippen LogP contribution in [0.2, 0.25) is 0 Å². The second kappa shape index (κ2) is 6.78. The molecular formula is C12H15ClF3NO2S. The Hall–Kier alpha value is -0.790. The summed E-state index contributed by atoms with van der Waals surface area (Å²) in [7, 11) is -3.95. The van der Waals surface area contributed by atoms with Crippen LogP contribution in [-0.2, 0) is 16.2 Å². The van der Waals surface area contributed by atoms with Crippen LogP contribution < -0.4 is 4.72 Å². The molecule has 8 heteroatoms. The second-order valence-corrected chi connectivity index (χ2v) is 6.61. The van der Waals surface area contributed by atoms with Gasteiger partial charge in [0.1, 0.15) is 0 Å². The number of nitrogens with one attached hydrogen (secondary N) is 1. The zero-order valence-electron chi connectivity index (χ0n) is 10.7. The molecule has 0 bridgehead atoms. The number of benzene rings is 1. The number of rotatable bonds is 6. The predicted molar refractivity (Wildman–Crippen MR) is 71.1 cm³/mol. The van der Waals surface area contributed by atoms with E-state index < -0.39 is 26.7 Å². The fourth-order valence-electron chi connectivity index (χ4n) is 1.46. The first-order chi connectivity index (χ1) is 9.16. The van der Waals surface area contributed by atoms with Crippen LogP contribution in [0.4, 0.5) is 13.2 Å². The summed E-state index contributed by atoms with van der Waals surface area (Å²) in [5.41, 5.74) is -0.991. The van der Waals surface area contributed by atoms with Crippen molar-refractivity contribution >= 4 is 21.6 Å². The lowest BCUT2D eigenvalue weighted by Gasteiger charge is -2.13. The smallest absolute Gasteiger partial charge is 0.211 e. The van der Waals surface area contributed by atoms with Crippen LogP contribution in [0.25, 0.3) is 0 Å². The van der Waals surface area contributed by atoms with E-state index in [0.29, 0.717) is 18.4 Å². The molecule has 1 unspecified atom stereocenters. The highest BCUT2D eigenvalue weighted by Crippen LogP contribution is 2.30. The molecule has 0 aliphatic heterocycles. The molecule has 3 nitrogen and oxygen atoms in total. The number of sulfonamides is 1. The monoisotopic (exact) mass is 329 g/mol. The van der Waals surface area contributed by atoms with Gasteiger partial charge in [-0.3, -0.25) is 0 Å². The maximum absolute atomic E-state index is 12.5. The van der Waals surface area contributed by atoms with Crippen molar-refractivity contribution < 1.29 is 21.6 Å². The number of hydrogen-bond acceptors (Lipinski definition) is 2. The van der Waals surface area contributed by atoms with Crippen molar-refractivity contribution in [3.63, 3.8) is 0 Å². The molecule has 0 aliphatic carbocycles. The van der Waals surface area contributed by atoms with E-state index in [1.807, 2.05) is 0 Å². The van der Waals surface area contributed by atoms with Gasteiger partial charge in [-0.15, -0.1) is 11.6 Å². The van der Waals surface area contributed by atoms with E-state index in [0.717, 1.165) is 18.2 Å². The predicted octanol–water partition coefficient (Wildman–Crippen LogP) is 3.25. The standard InChI is InChI=1S/C12H15ClF3NO2S/c1-9(5-6-13)8-17-20(18,19)11-4-2-3-10(7-11)12(14,15)16/h2-4,7,9,17H,5-6,8H2,1H3. The van der Waals surface area contributed by atoms with Crippen molar-refractivity contribution in [2.45, 2.75) is 24.4 Å². The first kappa shape index (κ1) is 17.3. The van der Waals surface area contributed by atoms with Crippen molar-refractivity contribution in [2.24, 2.45) is 5.92 Å². The summed E-state index contributed by atoms with van der Waals surface area (Å²) in [4.78, 5) is -0.398. The van der Waals surface area contributed by atoms with Crippen LogP contribution >= 0.6 is 11.6 Å². The van der Waals surface area contributed by atoms with Crippen LogP contribution in [0, 0.1) is 5.92 Å². The average Bonchev–Trinajstić information content (AvgIpc) is 2.36. The fraction of sp³-hybridized carbons (Fsp3) is 0.500. The van der Waals surface area contributed by atoms with Crippen molar-refractivity contribution in [3.05, 3.63) is 29.8 Å². The van der Waals surface area contributed by atoms with E-state index in [1.54, 1.807) is 6.92 Å². The van der Waals surface area contributed by atoms with Gasteiger partial charge in [-0.2, -0.15) is 13.2 Å². The Morgan fingerprint density at radius 3 is 2.55 bits per heavy atom. The highest BCUT2D eigenvalue weighted by atomic mass is 35.5. The highest BCUT2D eigenvalue weighted by molar-refractivity contribution is 7.89. The van der Waals surface area contributed by atoms with Gasteiger partial charge in [-0.05, 0) is 30.5 Å². The Morgan fingerprint density at radius 1 is 1.35 bits per heavy atom.